The lowest BCUT2D eigenvalue weighted by atomic mass is 10.3. The predicted octanol–water partition coefficient (Wildman–Crippen LogP) is 5.03. The maximum absolute atomic E-state index is 13.5. The molecule has 2 nitrogen and oxygen atoms in total. The van der Waals surface area contributed by atoms with Gasteiger partial charge in [-0.15, -0.1) is 0 Å². The Morgan fingerprint density at radius 1 is 1.12 bits per heavy atom. The van der Waals surface area contributed by atoms with E-state index in [1.54, 1.807) is 18.2 Å². The highest BCUT2D eigenvalue weighted by atomic mass is 79.9. The Morgan fingerprint density at radius 2 is 1.76 bits per heavy atom. The molecule has 0 bridgehead atoms. The third kappa shape index (κ3) is 3.31. The second-order valence-corrected chi connectivity index (χ2v) is 5.06. The summed E-state index contributed by atoms with van der Waals surface area (Å²) in [6.07, 6.45) is 1.50. The molecule has 0 aliphatic heterocycles. The normalized spacial score (nSPS) is 10.4. The van der Waals surface area contributed by atoms with Crippen molar-refractivity contribution < 1.29 is 4.39 Å². The molecule has 1 N–H and O–H groups in total. The number of pyridine rings is 1. The topological polar surface area (TPSA) is 24.9 Å². The Labute approximate surface area is 116 Å². The van der Waals surface area contributed by atoms with Crippen molar-refractivity contribution in [1.82, 2.24) is 4.98 Å². The summed E-state index contributed by atoms with van der Waals surface area (Å²) in [5.74, 6) is -0.345. The molecule has 0 saturated heterocycles. The SMILES string of the molecule is Fc1cc(Br)cnc1Nc1cc(Cl)cc(Cl)c1. The molecule has 0 aliphatic carbocycles. The van der Waals surface area contributed by atoms with Crippen LogP contribution in [0.2, 0.25) is 10.0 Å². The highest BCUT2D eigenvalue weighted by molar-refractivity contribution is 9.10. The number of benzene rings is 1. The van der Waals surface area contributed by atoms with Crippen LogP contribution < -0.4 is 5.32 Å². The second kappa shape index (κ2) is 5.21. The summed E-state index contributed by atoms with van der Waals surface area (Å²) in [7, 11) is 0. The van der Waals surface area contributed by atoms with Crippen LogP contribution >= 0.6 is 39.1 Å². The molecule has 1 aromatic carbocycles. The van der Waals surface area contributed by atoms with Crippen LogP contribution in [0.1, 0.15) is 0 Å². The number of halogens is 4. The van der Waals surface area contributed by atoms with Gasteiger partial charge < -0.3 is 5.32 Å². The summed E-state index contributed by atoms with van der Waals surface area (Å²) in [4.78, 5) is 3.91. The maximum Gasteiger partial charge on any atom is 0.166 e. The molecule has 0 unspecified atom stereocenters. The molecule has 0 saturated carbocycles. The van der Waals surface area contributed by atoms with Crippen molar-refractivity contribution >= 4 is 50.6 Å². The van der Waals surface area contributed by atoms with E-state index in [2.05, 4.69) is 26.2 Å². The van der Waals surface area contributed by atoms with E-state index in [0.717, 1.165) is 0 Å². The van der Waals surface area contributed by atoms with E-state index in [0.29, 0.717) is 20.2 Å². The average Bonchev–Trinajstić information content (AvgIpc) is 2.21. The van der Waals surface area contributed by atoms with Crippen LogP contribution in [-0.4, -0.2) is 4.98 Å². The van der Waals surface area contributed by atoms with Crippen molar-refractivity contribution in [2.75, 3.05) is 5.32 Å². The van der Waals surface area contributed by atoms with E-state index in [1.165, 1.54) is 12.3 Å². The molecular formula is C11H6BrCl2FN2. The van der Waals surface area contributed by atoms with Crippen molar-refractivity contribution in [1.29, 1.82) is 0 Å². The van der Waals surface area contributed by atoms with Crippen LogP contribution in [-0.2, 0) is 0 Å². The molecule has 17 heavy (non-hydrogen) atoms. The fourth-order valence-corrected chi connectivity index (χ4v) is 2.10. The lowest BCUT2D eigenvalue weighted by molar-refractivity contribution is 0.625. The van der Waals surface area contributed by atoms with Gasteiger partial charge in [0, 0.05) is 26.4 Å². The van der Waals surface area contributed by atoms with E-state index < -0.39 is 5.82 Å². The predicted molar refractivity (Wildman–Crippen MR) is 71.6 cm³/mol. The highest BCUT2D eigenvalue weighted by Crippen LogP contribution is 2.26. The van der Waals surface area contributed by atoms with Gasteiger partial charge in [-0.3, -0.25) is 0 Å². The molecule has 88 valence electrons. The molecule has 0 radical (unpaired) electrons. The molecule has 1 heterocycles. The largest absolute Gasteiger partial charge is 0.338 e. The molecule has 2 rings (SSSR count). The van der Waals surface area contributed by atoms with E-state index in [4.69, 9.17) is 23.2 Å². The van der Waals surface area contributed by atoms with Crippen LogP contribution in [0.4, 0.5) is 15.9 Å². The molecular weight excluding hydrogens is 330 g/mol. The van der Waals surface area contributed by atoms with Gasteiger partial charge in [0.25, 0.3) is 0 Å². The number of nitrogens with zero attached hydrogens (tertiary/aromatic N) is 1. The lowest BCUT2D eigenvalue weighted by Crippen LogP contribution is -1.96. The molecule has 0 atom stereocenters. The standard InChI is InChI=1S/C11H6BrCl2FN2/c12-6-1-10(15)11(16-5-6)17-9-3-7(13)2-8(14)4-9/h1-5H,(H,16,17). The summed E-state index contributed by atoms with van der Waals surface area (Å²) in [6, 6.07) is 6.19. The average molecular weight is 336 g/mol. The first-order chi connectivity index (χ1) is 8.04. The smallest absolute Gasteiger partial charge is 0.166 e. The van der Waals surface area contributed by atoms with E-state index in [9.17, 15) is 4.39 Å². The maximum atomic E-state index is 13.5. The summed E-state index contributed by atoms with van der Waals surface area (Å²) in [6.45, 7) is 0. The highest BCUT2D eigenvalue weighted by Gasteiger charge is 2.06. The van der Waals surface area contributed by atoms with Crippen LogP contribution in [0.25, 0.3) is 0 Å². The van der Waals surface area contributed by atoms with Gasteiger partial charge in [0.1, 0.15) is 0 Å². The fourth-order valence-electron chi connectivity index (χ4n) is 1.27. The Kier molecular flexibility index (Phi) is 3.86. The van der Waals surface area contributed by atoms with Crippen LogP contribution in [0, 0.1) is 5.82 Å². The van der Waals surface area contributed by atoms with Crippen molar-refractivity contribution in [3.05, 3.63) is 50.8 Å². The van der Waals surface area contributed by atoms with Gasteiger partial charge in [-0.25, -0.2) is 9.37 Å². The molecule has 2 aromatic rings. The minimum absolute atomic E-state index is 0.117. The molecule has 0 fully saturated rings. The number of nitrogens with one attached hydrogen (secondary N) is 1. The molecule has 0 aliphatic rings. The fraction of sp³-hybridized carbons (Fsp3) is 0. The summed E-state index contributed by atoms with van der Waals surface area (Å²) >= 11 is 14.8. The van der Waals surface area contributed by atoms with Crippen molar-refractivity contribution in [3.8, 4) is 0 Å². The van der Waals surface area contributed by atoms with E-state index in [1.807, 2.05) is 0 Å². The molecule has 6 heteroatoms. The zero-order valence-electron chi connectivity index (χ0n) is 8.35. The Balaban J connectivity index is 2.31. The number of anilines is 2. The van der Waals surface area contributed by atoms with Gasteiger partial charge in [0.05, 0.1) is 0 Å². The third-order valence-electron chi connectivity index (χ3n) is 1.93. The monoisotopic (exact) mass is 334 g/mol. The van der Waals surface area contributed by atoms with Gasteiger partial charge in [0.15, 0.2) is 11.6 Å². The van der Waals surface area contributed by atoms with E-state index >= 15 is 0 Å². The van der Waals surface area contributed by atoms with Crippen molar-refractivity contribution in [2.45, 2.75) is 0 Å². The first kappa shape index (κ1) is 12.6. The zero-order valence-corrected chi connectivity index (χ0v) is 11.4. The van der Waals surface area contributed by atoms with E-state index in [-0.39, 0.29) is 5.82 Å². The van der Waals surface area contributed by atoms with Gasteiger partial charge in [-0.2, -0.15) is 0 Å². The number of rotatable bonds is 2. The van der Waals surface area contributed by atoms with Gasteiger partial charge in [-0.1, -0.05) is 23.2 Å². The van der Waals surface area contributed by atoms with Gasteiger partial charge in [0.2, 0.25) is 0 Å². The first-order valence-electron chi connectivity index (χ1n) is 4.59. The number of hydrogen-bond donors (Lipinski definition) is 1. The van der Waals surface area contributed by atoms with Gasteiger partial charge >= 0.3 is 0 Å². The van der Waals surface area contributed by atoms with Crippen molar-refractivity contribution in [3.63, 3.8) is 0 Å². The quantitative estimate of drug-likeness (QED) is 0.832. The summed E-state index contributed by atoms with van der Waals surface area (Å²) in [5, 5.41) is 3.75. The summed E-state index contributed by atoms with van der Waals surface area (Å²) in [5.41, 5.74) is 0.580. The number of aromatic nitrogens is 1. The summed E-state index contributed by atoms with van der Waals surface area (Å²) < 4.78 is 14.1. The van der Waals surface area contributed by atoms with Crippen LogP contribution in [0.15, 0.2) is 34.9 Å². The first-order valence-corrected chi connectivity index (χ1v) is 6.13. The zero-order chi connectivity index (χ0) is 12.4. The van der Waals surface area contributed by atoms with Gasteiger partial charge in [-0.05, 0) is 40.2 Å². The molecule has 1 aromatic heterocycles. The molecule has 0 amide bonds. The number of hydrogen-bond acceptors (Lipinski definition) is 2. The molecule has 0 spiro atoms. The Hall–Kier alpha value is -0.840. The Bertz CT molecular complexity index is 543. The minimum atomic E-state index is -0.463. The van der Waals surface area contributed by atoms with Crippen molar-refractivity contribution in [2.24, 2.45) is 0 Å². The van der Waals surface area contributed by atoms with Crippen LogP contribution in [0.3, 0.4) is 0 Å². The van der Waals surface area contributed by atoms with Crippen LogP contribution in [0.5, 0.6) is 0 Å². The lowest BCUT2D eigenvalue weighted by Gasteiger charge is -2.07. The second-order valence-electron chi connectivity index (χ2n) is 3.27. The third-order valence-corrected chi connectivity index (χ3v) is 2.80. The minimum Gasteiger partial charge on any atom is -0.338 e. The Morgan fingerprint density at radius 3 is 2.35 bits per heavy atom.